The second-order valence-electron chi connectivity index (χ2n) is 4.25. The van der Waals surface area contributed by atoms with Crippen LogP contribution in [0.25, 0.3) is 0 Å². The van der Waals surface area contributed by atoms with Gasteiger partial charge in [0, 0.05) is 12.4 Å². The van der Waals surface area contributed by atoms with Gasteiger partial charge in [-0.1, -0.05) is 30.3 Å². The van der Waals surface area contributed by atoms with Crippen molar-refractivity contribution in [3.63, 3.8) is 0 Å². The summed E-state index contributed by atoms with van der Waals surface area (Å²) in [5, 5.41) is 2.96. The zero-order chi connectivity index (χ0) is 11.4. The molecular formula is C13H16ClNO. The number of rotatable bonds is 5. The van der Waals surface area contributed by atoms with Crippen molar-refractivity contribution in [2.24, 2.45) is 0 Å². The van der Waals surface area contributed by atoms with Crippen molar-refractivity contribution >= 4 is 17.5 Å². The lowest BCUT2D eigenvalue weighted by molar-refractivity contribution is -0.123. The van der Waals surface area contributed by atoms with Gasteiger partial charge in [0.2, 0.25) is 5.91 Å². The van der Waals surface area contributed by atoms with E-state index in [2.05, 4.69) is 5.32 Å². The predicted octanol–water partition coefficient (Wildman–Crippen LogP) is 2.46. The summed E-state index contributed by atoms with van der Waals surface area (Å²) in [6, 6.07) is 10.0. The Labute approximate surface area is 101 Å². The summed E-state index contributed by atoms with van der Waals surface area (Å²) >= 11 is 5.58. The van der Waals surface area contributed by atoms with E-state index >= 15 is 0 Å². The highest BCUT2D eigenvalue weighted by Gasteiger charge is 2.50. The van der Waals surface area contributed by atoms with E-state index in [0.29, 0.717) is 12.4 Å². The quantitative estimate of drug-likeness (QED) is 0.619. The maximum atomic E-state index is 12.0. The molecule has 1 saturated carbocycles. The number of halogens is 1. The Balaban J connectivity index is 2.00. The maximum absolute atomic E-state index is 12.0. The third-order valence-corrected chi connectivity index (χ3v) is 3.37. The summed E-state index contributed by atoms with van der Waals surface area (Å²) < 4.78 is 0. The monoisotopic (exact) mass is 237 g/mol. The minimum atomic E-state index is -0.242. The molecular weight excluding hydrogens is 222 g/mol. The first-order chi connectivity index (χ1) is 7.79. The van der Waals surface area contributed by atoms with Crippen LogP contribution in [0.5, 0.6) is 0 Å². The predicted molar refractivity (Wildman–Crippen MR) is 65.7 cm³/mol. The van der Waals surface area contributed by atoms with E-state index in [1.165, 1.54) is 0 Å². The Kier molecular flexibility index (Phi) is 3.49. The summed E-state index contributed by atoms with van der Waals surface area (Å²) in [5.41, 5.74) is 0.895. The molecule has 0 spiro atoms. The van der Waals surface area contributed by atoms with Crippen LogP contribution in [0, 0.1) is 0 Å². The molecule has 0 atom stereocenters. The summed E-state index contributed by atoms with van der Waals surface area (Å²) in [5.74, 6) is 0.752. The topological polar surface area (TPSA) is 29.1 Å². The molecule has 0 saturated heterocycles. The van der Waals surface area contributed by atoms with E-state index in [1.54, 1.807) is 0 Å². The number of hydrogen-bond donors (Lipinski definition) is 1. The molecule has 0 aromatic heterocycles. The van der Waals surface area contributed by atoms with Crippen LogP contribution in [-0.2, 0) is 10.2 Å². The van der Waals surface area contributed by atoms with Crippen molar-refractivity contribution in [3.8, 4) is 0 Å². The third kappa shape index (κ3) is 2.22. The van der Waals surface area contributed by atoms with Crippen molar-refractivity contribution < 1.29 is 4.79 Å². The van der Waals surface area contributed by atoms with E-state index in [-0.39, 0.29) is 11.3 Å². The first kappa shape index (κ1) is 11.5. The van der Waals surface area contributed by atoms with Gasteiger partial charge in [0.25, 0.3) is 0 Å². The van der Waals surface area contributed by atoms with Crippen molar-refractivity contribution in [1.82, 2.24) is 5.32 Å². The van der Waals surface area contributed by atoms with Gasteiger partial charge in [0.05, 0.1) is 5.41 Å². The molecule has 1 aromatic rings. The highest BCUT2D eigenvalue weighted by atomic mass is 35.5. The van der Waals surface area contributed by atoms with Crippen molar-refractivity contribution in [1.29, 1.82) is 0 Å². The number of amides is 1. The lowest BCUT2D eigenvalue weighted by Gasteiger charge is -2.15. The normalized spacial score (nSPS) is 16.8. The number of nitrogens with one attached hydrogen (secondary N) is 1. The molecule has 1 aliphatic carbocycles. The van der Waals surface area contributed by atoms with Crippen molar-refractivity contribution in [2.45, 2.75) is 24.7 Å². The van der Waals surface area contributed by atoms with Crippen LogP contribution in [0.4, 0.5) is 0 Å². The maximum Gasteiger partial charge on any atom is 0.230 e. The van der Waals surface area contributed by atoms with Gasteiger partial charge >= 0.3 is 0 Å². The van der Waals surface area contributed by atoms with Gasteiger partial charge in [-0.15, -0.1) is 11.6 Å². The average molecular weight is 238 g/mol. The first-order valence-electron chi connectivity index (χ1n) is 5.69. The fourth-order valence-electron chi connectivity index (χ4n) is 1.97. The summed E-state index contributed by atoms with van der Waals surface area (Å²) in [6.07, 6.45) is 2.76. The van der Waals surface area contributed by atoms with Crippen LogP contribution in [-0.4, -0.2) is 18.3 Å². The number of alkyl halides is 1. The minimum Gasteiger partial charge on any atom is -0.355 e. The SMILES string of the molecule is O=C(NCCCCl)C1(c2ccccc2)CC1. The molecule has 1 fully saturated rings. The summed E-state index contributed by atoms with van der Waals surface area (Å²) in [4.78, 5) is 12.0. The Morgan fingerprint density at radius 2 is 2.00 bits per heavy atom. The standard InChI is InChI=1S/C13H16ClNO/c14-9-4-10-15-12(16)13(7-8-13)11-5-2-1-3-6-11/h1-3,5-6H,4,7-10H2,(H,15,16). The molecule has 2 nitrogen and oxygen atoms in total. The van der Waals surface area contributed by atoms with E-state index in [9.17, 15) is 4.79 Å². The molecule has 0 unspecified atom stereocenters. The Bertz CT molecular complexity index is 359. The van der Waals surface area contributed by atoms with Crippen LogP contribution < -0.4 is 5.32 Å². The molecule has 2 rings (SSSR count). The zero-order valence-corrected chi connectivity index (χ0v) is 9.96. The Morgan fingerprint density at radius 3 is 2.56 bits per heavy atom. The zero-order valence-electron chi connectivity index (χ0n) is 9.21. The van der Waals surface area contributed by atoms with E-state index in [4.69, 9.17) is 11.6 Å². The van der Waals surface area contributed by atoms with Crippen molar-refractivity contribution in [3.05, 3.63) is 35.9 Å². The molecule has 1 amide bonds. The van der Waals surface area contributed by atoms with Gasteiger partial charge in [-0.25, -0.2) is 0 Å². The summed E-state index contributed by atoms with van der Waals surface area (Å²) in [6.45, 7) is 0.677. The first-order valence-corrected chi connectivity index (χ1v) is 6.23. The molecule has 1 aromatic carbocycles. The van der Waals surface area contributed by atoms with E-state index in [1.807, 2.05) is 30.3 Å². The molecule has 0 heterocycles. The van der Waals surface area contributed by atoms with Crippen LogP contribution in [0.1, 0.15) is 24.8 Å². The molecule has 1 N–H and O–H groups in total. The third-order valence-electron chi connectivity index (χ3n) is 3.11. The molecule has 86 valence electrons. The van der Waals surface area contributed by atoms with E-state index in [0.717, 1.165) is 24.8 Å². The second kappa shape index (κ2) is 4.88. The van der Waals surface area contributed by atoms with Crippen molar-refractivity contribution in [2.75, 3.05) is 12.4 Å². The molecule has 16 heavy (non-hydrogen) atoms. The van der Waals surface area contributed by atoms with Gasteiger partial charge in [0.1, 0.15) is 0 Å². The smallest absolute Gasteiger partial charge is 0.230 e. The molecule has 0 radical (unpaired) electrons. The largest absolute Gasteiger partial charge is 0.355 e. The Hall–Kier alpha value is -1.02. The van der Waals surface area contributed by atoms with Gasteiger partial charge in [0.15, 0.2) is 0 Å². The number of hydrogen-bond acceptors (Lipinski definition) is 1. The van der Waals surface area contributed by atoms with E-state index < -0.39 is 0 Å². The Morgan fingerprint density at radius 1 is 1.31 bits per heavy atom. The average Bonchev–Trinajstić information content (AvgIpc) is 3.12. The van der Waals surface area contributed by atoms with Gasteiger partial charge in [-0.2, -0.15) is 0 Å². The molecule has 3 heteroatoms. The summed E-state index contributed by atoms with van der Waals surface area (Å²) in [7, 11) is 0. The molecule has 0 aliphatic heterocycles. The lowest BCUT2D eigenvalue weighted by Crippen LogP contribution is -2.35. The molecule has 1 aliphatic rings. The minimum absolute atomic E-state index is 0.156. The van der Waals surface area contributed by atoms with Gasteiger partial charge in [-0.05, 0) is 24.8 Å². The number of carbonyl (C=O) groups excluding carboxylic acids is 1. The second-order valence-corrected chi connectivity index (χ2v) is 4.62. The van der Waals surface area contributed by atoms with Crippen LogP contribution in [0.3, 0.4) is 0 Å². The van der Waals surface area contributed by atoms with Crippen LogP contribution in [0.15, 0.2) is 30.3 Å². The van der Waals surface area contributed by atoms with Gasteiger partial charge < -0.3 is 5.32 Å². The van der Waals surface area contributed by atoms with Crippen LogP contribution in [0.2, 0.25) is 0 Å². The fourth-order valence-corrected chi connectivity index (χ4v) is 2.10. The highest BCUT2D eigenvalue weighted by molar-refractivity contribution is 6.17. The lowest BCUT2D eigenvalue weighted by atomic mass is 9.95. The van der Waals surface area contributed by atoms with Gasteiger partial charge in [-0.3, -0.25) is 4.79 Å². The number of carbonyl (C=O) groups is 1. The number of benzene rings is 1. The highest BCUT2D eigenvalue weighted by Crippen LogP contribution is 2.48. The molecule has 0 bridgehead atoms. The van der Waals surface area contributed by atoms with Crippen LogP contribution >= 0.6 is 11.6 Å². The fraction of sp³-hybridized carbons (Fsp3) is 0.462.